The summed E-state index contributed by atoms with van der Waals surface area (Å²) in [5.41, 5.74) is 24.3. The summed E-state index contributed by atoms with van der Waals surface area (Å²) in [7, 11) is 0. The monoisotopic (exact) mass is 982 g/mol. The van der Waals surface area contributed by atoms with Crippen LogP contribution < -0.4 is 26.2 Å². The van der Waals surface area contributed by atoms with Crippen molar-refractivity contribution in [3.63, 3.8) is 0 Å². The Labute approximate surface area is 451 Å². The van der Waals surface area contributed by atoms with E-state index in [0.717, 1.165) is 117 Å². The van der Waals surface area contributed by atoms with Gasteiger partial charge in [0.25, 0.3) is 6.71 Å². The van der Waals surface area contributed by atoms with Crippen molar-refractivity contribution in [2.24, 2.45) is 0 Å². The molecule has 13 rings (SSSR count). The third-order valence-corrected chi connectivity index (χ3v) is 15.4. The molecule has 0 unspecified atom stereocenters. The number of nitriles is 2. The van der Waals surface area contributed by atoms with Crippen LogP contribution in [-0.2, 0) is 5.41 Å². The largest absolute Gasteiger partial charge is 0.310 e. The molecule has 4 nitrogen and oxygen atoms in total. The summed E-state index contributed by atoms with van der Waals surface area (Å²) >= 11 is 0. The number of nitrogens with zero attached hydrogens (tertiary/aromatic N) is 4. The number of anilines is 6. The first-order chi connectivity index (χ1) is 37.7. The van der Waals surface area contributed by atoms with Crippen LogP contribution >= 0.6 is 0 Å². The lowest BCUT2D eigenvalue weighted by Gasteiger charge is -2.46. The molecule has 0 spiro atoms. The highest BCUT2D eigenvalue weighted by atomic mass is 15.2. The molecular weight excluding hydrogens is 932 g/mol. The Kier molecular flexibility index (Phi) is 11.6. The van der Waals surface area contributed by atoms with Crippen molar-refractivity contribution in [1.82, 2.24) is 0 Å². The Bertz CT molecular complexity index is 3760. The minimum Gasteiger partial charge on any atom is -0.310 e. The maximum absolute atomic E-state index is 10.8. The molecule has 0 atom stereocenters. The standard InChI is InChI=1S/C72H51BN4/c1-72(2,3)58-44-67-69-68(45-58)77(71-61(54-30-18-8-19-31-54)42-57(51-24-12-5-13-25-51)43-62(71)55-32-20-9-21-33-55)66-37-35-49(47-75)39-64(66)73(69)63-38-48(46-74)34-36-65(63)76(67)70-59(52-26-14-6-15-27-52)40-56(50-22-10-4-11-23-50)41-60(70)53-28-16-7-17-29-53/h4-45H,1-3H3. The van der Waals surface area contributed by atoms with E-state index in [-0.39, 0.29) is 12.1 Å². The molecule has 5 heteroatoms. The van der Waals surface area contributed by atoms with Crippen molar-refractivity contribution < 1.29 is 0 Å². The lowest BCUT2D eigenvalue weighted by molar-refractivity contribution is 0.590. The molecule has 0 fully saturated rings. The van der Waals surface area contributed by atoms with Crippen LogP contribution in [-0.4, -0.2) is 6.71 Å². The van der Waals surface area contributed by atoms with Crippen LogP contribution in [0.5, 0.6) is 0 Å². The smallest absolute Gasteiger partial charge is 0.252 e. The molecule has 2 heterocycles. The van der Waals surface area contributed by atoms with Gasteiger partial charge in [-0.1, -0.05) is 203 Å². The molecule has 2 aliphatic rings. The Morgan fingerprint density at radius 1 is 0.325 bits per heavy atom. The van der Waals surface area contributed by atoms with Crippen LogP contribution in [0.3, 0.4) is 0 Å². The van der Waals surface area contributed by atoms with Gasteiger partial charge in [-0.3, -0.25) is 0 Å². The molecule has 2 aliphatic heterocycles. The van der Waals surface area contributed by atoms with E-state index in [1.165, 1.54) is 5.56 Å². The van der Waals surface area contributed by atoms with E-state index in [2.05, 4.69) is 285 Å². The fourth-order valence-electron chi connectivity index (χ4n) is 11.8. The highest BCUT2D eigenvalue weighted by molar-refractivity contribution is 7.00. The minimum absolute atomic E-state index is 0.308. The highest BCUT2D eigenvalue weighted by Crippen LogP contribution is 2.54. The van der Waals surface area contributed by atoms with Crippen molar-refractivity contribution in [3.8, 4) is 78.9 Å². The van der Waals surface area contributed by atoms with E-state index in [1.54, 1.807) is 0 Å². The zero-order valence-electron chi connectivity index (χ0n) is 43.1. The van der Waals surface area contributed by atoms with Crippen LogP contribution in [0.15, 0.2) is 255 Å². The first-order valence-electron chi connectivity index (χ1n) is 26.3. The van der Waals surface area contributed by atoms with E-state index in [4.69, 9.17) is 0 Å². The number of hydrogen-bond acceptors (Lipinski definition) is 4. The second-order valence-electron chi connectivity index (χ2n) is 21.1. The first-order valence-corrected chi connectivity index (χ1v) is 26.3. The fourth-order valence-corrected chi connectivity index (χ4v) is 11.8. The van der Waals surface area contributed by atoms with Gasteiger partial charge in [-0.2, -0.15) is 10.5 Å². The zero-order valence-corrected chi connectivity index (χ0v) is 43.1. The van der Waals surface area contributed by atoms with Crippen LogP contribution in [0.4, 0.5) is 34.1 Å². The van der Waals surface area contributed by atoms with Crippen molar-refractivity contribution in [1.29, 1.82) is 10.5 Å². The van der Waals surface area contributed by atoms with Crippen LogP contribution in [0.1, 0.15) is 37.5 Å². The lowest BCUT2D eigenvalue weighted by Crippen LogP contribution is -2.61. The van der Waals surface area contributed by atoms with Crippen LogP contribution in [0.2, 0.25) is 0 Å². The summed E-state index contributed by atoms with van der Waals surface area (Å²) in [6.07, 6.45) is 0. The molecule has 0 radical (unpaired) electrons. The van der Waals surface area contributed by atoms with Gasteiger partial charge in [-0.05, 0) is 145 Å². The number of benzene rings is 11. The third kappa shape index (κ3) is 8.18. The Balaban J connectivity index is 1.22. The highest BCUT2D eigenvalue weighted by Gasteiger charge is 2.46. The molecule has 0 aromatic heterocycles. The van der Waals surface area contributed by atoms with E-state index in [9.17, 15) is 10.5 Å². The van der Waals surface area contributed by atoms with Crippen molar-refractivity contribution in [2.45, 2.75) is 26.2 Å². The average Bonchev–Trinajstić information content (AvgIpc) is 3.63. The zero-order chi connectivity index (χ0) is 52.2. The topological polar surface area (TPSA) is 54.1 Å². The SMILES string of the molecule is CC(C)(C)c1cc2c3c(c1)N(c1c(-c4ccccc4)cc(-c4ccccc4)cc1-c1ccccc1)c1ccc(C#N)cc1B3c1cc(C#N)ccc1N2c1c(-c2ccccc2)cc(-c2ccccc2)cc1-c1ccccc1. The first kappa shape index (κ1) is 46.8. The van der Waals surface area contributed by atoms with Gasteiger partial charge in [-0.15, -0.1) is 0 Å². The van der Waals surface area contributed by atoms with Gasteiger partial charge < -0.3 is 9.80 Å². The average molecular weight is 983 g/mol. The molecule has 77 heavy (non-hydrogen) atoms. The summed E-state index contributed by atoms with van der Waals surface area (Å²) in [5, 5.41) is 21.7. The Morgan fingerprint density at radius 2 is 0.623 bits per heavy atom. The van der Waals surface area contributed by atoms with Gasteiger partial charge >= 0.3 is 0 Å². The van der Waals surface area contributed by atoms with E-state index >= 15 is 0 Å². The maximum atomic E-state index is 10.8. The maximum Gasteiger partial charge on any atom is 0.252 e. The molecule has 11 aromatic rings. The van der Waals surface area contributed by atoms with E-state index in [1.807, 2.05) is 12.1 Å². The molecule has 362 valence electrons. The molecule has 0 saturated carbocycles. The van der Waals surface area contributed by atoms with E-state index < -0.39 is 0 Å². The third-order valence-electron chi connectivity index (χ3n) is 15.4. The lowest BCUT2D eigenvalue weighted by atomic mass is 9.33. The molecular formula is C72H51BN4. The molecule has 0 saturated heterocycles. The summed E-state index contributed by atoms with van der Waals surface area (Å²) < 4.78 is 0. The normalized spacial score (nSPS) is 12.2. The number of rotatable bonds is 8. The fraction of sp³-hybridized carbons (Fsp3) is 0.0556. The van der Waals surface area contributed by atoms with Gasteiger partial charge in [0.05, 0.1) is 34.6 Å². The molecule has 0 N–H and O–H groups in total. The van der Waals surface area contributed by atoms with Gasteiger partial charge in [0.2, 0.25) is 0 Å². The molecule has 0 bridgehead atoms. The van der Waals surface area contributed by atoms with Crippen LogP contribution in [0.25, 0.3) is 66.8 Å². The van der Waals surface area contributed by atoms with Crippen molar-refractivity contribution in [2.75, 3.05) is 9.80 Å². The summed E-state index contributed by atoms with van der Waals surface area (Å²) in [4.78, 5) is 5.01. The Hall–Kier alpha value is -9.94. The van der Waals surface area contributed by atoms with Gasteiger partial charge in [0.1, 0.15) is 0 Å². The van der Waals surface area contributed by atoms with Gasteiger partial charge in [0.15, 0.2) is 0 Å². The van der Waals surface area contributed by atoms with Gasteiger partial charge in [0, 0.05) is 45.0 Å². The molecule has 0 aliphatic carbocycles. The van der Waals surface area contributed by atoms with Gasteiger partial charge in [-0.25, -0.2) is 0 Å². The second-order valence-corrected chi connectivity index (χ2v) is 21.1. The van der Waals surface area contributed by atoms with Crippen molar-refractivity contribution >= 4 is 57.2 Å². The summed E-state index contributed by atoms with van der Waals surface area (Å²) in [6, 6.07) is 96.1. The number of fused-ring (bicyclic) bond motifs is 4. The second kappa shape index (κ2) is 19.1. The van der Waals surface area contributed by atoms with E-state index in [0.29, 0.717) is 11.1 Å². The predicted molar refractivity (Wildman–Crippen MR) is 321 cm³/mol. The quantitative estimate of drug-likeness (QED) is 0.142. The number of hydrogen-bond donors (Lipinski definition) is 0. The molecule has 11 aromatic carbocycles. The molecule has 0 amide bonds. The van der Waals surface area contributed by atoms with Crippen LogP contribution in [0, 0.1) is 22.7 Å². The van der Waals surface area contributed by atoms with Crippen molar-refractivity contribution in [3.05, 3.63) is 271 Å². The Morgan fingerprint density at radius 3 is 0.909 bits per heavy atom. The predicted octanol–water partition coefficient (Wildman–Crippen LogP) is 16.8. The minimum atomic E-state index is -0.360. The summed E-state index contributed by atoms with van der Waals surface area (Å²) in [6.45, 7) is 6.55. The summed E-state index contributed by atoms with van der Waals surface area (Å²) in [5.74, 6) is 0.